The average molecular weight is 344 g/mol. The average Bonchev–Trinajstić information content (AvgIpc) is 2.56. The molecule has 0 heterocycles. The molecule has 0 atom stereocenters. The Balaban J connectivity index is 1.85. The molecule has 0 bridgehead atoms. The first-order valence-electron chi connectivity index (χ1n) is 7.42. The number of nitrogens with zero attached hydrogens (tertiary/aromatic N) is 1. The van der Waals surface area contributed by atoms with Gasteiger partial charge in [-0.3, -0.25) is 5.43 Å². The summed E-state index contributed by atoms with van der Waals surface area (Å²) in [4.78, 5) is 1.23. The van der Waals surface area contributed by atoms with E-state index in [1.54, 1.807) is 18.0 Å². The standard InChI is InChI=1S/C18H21N3S2/c1-13(2)15-6-8-16(9-7-15)20-18(22)21-19-12-14-4-10-17(23-3)11-5-14/h4-13H,1-3H3,(H2,20,21,22)/b19-12-. The van der Waals surface area contributed by atoms with Crippen LogP contribution in [0, 0.1) is 0 Å². The molecule has 0 saturated carbocycles. The lowest BCUT2D eigenvalue weighted by atomic mass is 10.0. The van der Waals surface area contributed by atoms with Crippen molar-refractivity contribution in [2.45, 2.75) is 24.7 Å². The molecule has 120 valence electrons. The number of hydrazone groups is 1. The highest BCUT2D eigenvalue weighted by atomic mass is 32.2. The minimum atomic E-state index is 0.472. The van der Waals surface area contributed by atoms with Gasteiger partial charge in [0.05, 0.1) is 6.21 Å². The maximum Gasteiger partial charge on any atom is 0.191 e. The van der Waals surface area contributed by atoms with Crippen LogP contribution in [0.25, 0.3) is 0 Å². The zero-order valence-electron chi connectivity index (χ0n) is 13.5. The number of rotatable bonds is 5. The van der Waals surface area contributed by atoms with Gasteiger partial charge in [0.25, 0.3) is 0 Å². The van der Waals surface area contributed by atoms with E-state index in [4.69, 9.17) is 12.2 Å². The van der Waals surface area contributed by atoms with Gasteiger partial charge in [0.2, 0.25) is 0 Å². The summed E-state index contributed by atoms with van der Waals surface area (Å²) in [5.74, 6) is 0.524. The first kappa shape index (κ1) is 17.5. The van der Waals surface area contributed by atoms with Crippen LogP contribution in [0.5, 0.6) is 0 Å². The number of nitrogens with one attached hydrogen (secondary N) is 2. The summed E-state index contributed by atoms with van der Waals surface area (Å²) in [7, 11) is 0. The lowest BCUT2D eigenvalue weighted by Crippen LogP contribution is -2.23. The molecule has 0 saturated heterocycles. The van der Waals surface area contributed by atoms with E-state index in [1.807, 2.05) is 24.3 Å². The molecular formula is C18H21N3S2. The number of benzene rings is 2. The highest BCUT2D eigenvalue weighted by molar-refractivity contribution is 7.98. The second kappa shape index (κ2) is 8.70. The van der Waals surface area contributed by atoms with Crippen molar-refractivity contribution in [3.63, 3.8) is 0 Å². The monoisotopic (exact) mass is 343 g/mol. The van der Waals surface area contributed by atoms with Crippen LogP contribution >= 0.6 is 24.0 Å². The largest absolute Gasteiger partial charge is 0.331 e. The lowest BCUT2D eigenvalue weighted by molar-refractivity contribution is 0.867. The van der Waals surface area contributed by atoms with Crippen LogP contribution < -0.4 is 10.7 Å². The van der Waals surface area contributed by atoms with Crippen molar-refractivity contribution in [2.24, 2.45) is 5.10 Å². The van der Waals surface area contributed by atoms with E-state index >= 15 is 0 Å². The van der Waals surface area contributed by atoms with Crippen LogP contribution in [-0.2, 0) is 0 Å². The third-order valence-electron chi connectivity index (χ3n) is 3.33. The summed E-state index contributed by atoms with van der Waals surface area (Å²) in [5, 5.41) is 7.74. The van der Waals surface area contributed by atoms with E-state index in [0.717, 1.165) is 11.3 Å². The minimum Gasteiger partial charge on any atom is -0.331 e. The minimum absolute atomic E-state index is 0.472. The normalized spacial score (nSPS) is 11.0. The third kappa shape index (κ3) is 5.69. The lowest BCUT2D eigenvalue weighted by Gasteiger charge is -2.09. The Hall–Kier alpha value is -1.85. The molecule has 0 fully saturated rings. The number of hydrogen-bond donors (Lipinski definition) is 2. The van der Waals surface area contributed by atoms with Crippen molar-refractivity contribution in [3.05, 3.63) is 59.7 Å². The molecule has 0 radical (unpaired) electrons. The van der Waals surface area contributed by atoms with Crippen LogP contribution in [-0.4, -0.2) is 17.6 Å². The predicted octanol–water partition coefficient (Wildman–Crippen LogP) is 4.85. The Morgan fingerprint density at radius 2 is 1.74 bits per heavy atom. The molecule has 0 aliphatic rings. The molecule has 23 heavy (non-hydrogen) atoms. The zero-order valence-corrected chi connectivity index (χ0v) is 15.2. The van der Waals surface area contributed by atoms with Crippen LogP contribution in [0.2, 0.25) is 0 Å². The molecule has 0 amide bonds. The van der Waals surface area contributed by atoms with Crippen molar-refractivity contribution < 1.29 is 0 Å². The highest BCUT2D eigenvalue weighted by Crippen LogP contribution is 2.17. The molecule has 0 spiro atoms. The maximum absolute atomic E-state index is 5.24. The fraction of sp³-hybridized carbons (Fsp3) is 0.222. The number of anilines is 1. The van der Waals surface area contributed by atoms with Gasteiger partial charge in [0.15, 0.2) is 5.11 Å². The summed E-state index contributed by atoms with van der Waals surface area (Å²) in [6.45, 7) is 4.35. The molecule has 5 heteroatoms. The first-order chi connectivity index (χ1) is 11.1. The Morgan fingerprint density at radius 1 is 1.09 bits per heavy atom. The van der Waals surface area contributed by atoms with E-state index in [0.29, 0.717) is 11.0 Å². The topological polar surface area (TPSA) is 36.4 Å². The van der Waals surface area contributed by atoms with Crippen molar-refractivity contribution in [3.8, 4) is 0 Å². The van der Waals surface area contributed by atoms with E-state index in [1.165, 1.54) is 10.5 Å². The molecule has 2 aromatic carbocycles. The van der Waals surface area contributed by atoms with Crippen molar-refractivity contribution in [1.82, 2.24) is 5.43 Å². The van der Waals surface area contributed by atoms with E-state index in [9.17, 15) is 0 Å². The van der Waals surface area contributed by atoms with Gasteiger partial charge >= 0.3 is 0 Å². The van der Waals surface area contributed by atoms with Crippen molar-refractivity contribution in [2.75, 3.05) is 11.6 Å². The van der Waals surface area contributed by atoms with E-state index < -0.39 is 0 Å². The Morgan fingerprint density at radius 3 is 2.30 bits per heavy atom. The molecule has 0 aromatic heterocycles. The zero-order chi connectivity index (χ0) is 16.7. The third-order valence-corrected chi connectivity index (χ3v) is 4.27. The van der Waals surface area contributed by atoms with Crippen molar-refractivity contribution in [1.29, 1.82) is 0 Å². The van der Waals surface area contributed by atoms with Gasteiger partial charge in [0.1, 0.15) is 0 Å². The molecule has 0 aliphatic carbocycles. The maximum atomic E-state index is 5.24. The molecule has 3 nitrogen and oxygen atoms in total. The second-order valence-corrected chi connectivity index (χ2v) is 6.66. The predicted molar refractivity (Wildman–Crippen MR) is 106 cm³/mol. The summed E-state index contributed by atoms with van der Waals surface area (Å²) >= 11 is 6.96. The highest BCUT2D eigenvalue weighted by Gasteiger charge is 2.00. The van der Waals surface area contributed by atoms with Gasteiger partial charge in [0, 0.05) is 10.6 Å². The van der Waals surface area contributed by atoms with Gasteiger partial charge in [-0.1, -0.05) is 38.1 Å². The number of thioether (sulfide) groups is 1. The van der Waals surface area contributed by atoms with Crippen molar-refractivity contribution >= 4 is 41.0 Å². The quantitative estimate of drug-likeness (QED) is 0.352. The summed E-state index contributed by atoms with van der Waals surface area (Å²) in [6, 6.07) is 16.4. The Kier molecular flexibility index (Phi) is 6.62. The SMILES string of the molecule is CSc1ccc(/C=N\NC(=S)Nc2ccc(C(C)C)cc2)cc1. The first-order valence-corrected chi connectivity index (χ1v) is 9.06. The summed E-state index contributed by atoms with van der Waals surface area (Å²) in [5.41, 5.74) is 6.11. The van der Waals surface area contributed by atoms with Gasteiger partial charge in [-0.25, -0.2) is 0 Å². The Labute approximate surface area is 147 Å². The van der Waals surface area contributed by atoms with E-state index in [-0.39, 0.29) is 0 Å². The van der Waals surface area contributed by atoms with Gasteiger partial charge < -0.3 is 5.32 Å². The number of hydrogen-bond acceptors (Lipinski definition) is 3. The fourth-order valence-corrected chi connectivity index (χ4v) is 2.54. The van der Waals surface area contributed by atoms with Gasteiger partial charge in [-0.05, 0) is 59.8 Å². The van der Waals surface area contributed by atoms with Crippen LogP contribution in [0.3, 0.4) is 0 Å². The number of thiocarbonyl (C=S) groups is 1. The molecule has 0 aliphatic heterocycles. The van der Waals surface area contributed by atoms with Gasteiger partial charge in [-0.15, -0.1) is 11.8 Å². The van der Waals surface area contributed by atoms with E-state index in [2.05, 4.69) is 60.2 Å². The molecule has 2 rings (SSSR count). The van der Waals surface area contributed by atoms with Crippen LogP contribution in [0.4, 0.5) is 5.69 Å². The second-order valence-electron chi connectivity index (χ2n) is 5.37. The molecular weight excluding hydrogens is 322 g/mol. The fourth-order valence-electron chi connectivity index (χ4n) is 1.97. The van der Waals surface area contributed by atoms with Gasteiger partial charge in [-0.2, -0.15) is 5.10 Å². The Bertz CT molecular complexity index is 662. The van der Waals surface area contributed by atoms with Crippen LogP contribution in [0.15, 0.2) is 58.5 Å². The van der Waals surface area contributed by atoms with Crippen LogP contribution in [0.1, 0.15) is 30.9 Å². The summed E-state index contributed by atoms with van der Waals surface area (Å²) < 4.78 is 0. The molecule has 2 N–H and O–H groups in total. The molecule has 0 unspecified atom stereocenters. The molecule has 2 aromatic rings. The smallest absolute Gasteiger partial charge is 0.191 e. The summed E-state index contributed by atoms with van der Waals surface area (Å²) in [6.07, 6.45) is 3.81.